The maximum Gasteiger partial charge on any atom is 0.264 e. The van der Waals surface area contributed by atoms with Crippen LogP contribution in [0.3, 0.4) is 0 Å². The zero-order valence-electron chi connectivity index (χ0n) is 16.7. The Morgan fingerprint density at radius 1 is 1.03 bits per heavy atom. The summed E-state index contributed by atoms with van der Waals surface area (Å²) in [5.74, 6) is 1.02. The first-order valence-corrected chi connectivity index (χ1v) is 10.7. The number of nitrogens with zero attached hydrogens (tertiary/aromatic N) is 1. The fourth-order valence-electron chi connectivity index (χ4n) is 2.91. The van der Waals surface area contributed by atoms with Gasteiger partial charge in [-0.05, 0) is 53.2 Å². The number of hydrogen-bond acceptors (Lipinski definition) is 5. The Hall–Kier alpha value is -3.22. The number of amides is 1. The molecule has 1 heterocycles. The van der Waals surface area contributed by atoms with Crippen LogP contribution in [0, 0.1) is 0 Å². The molecule has 31 heavy (non-hydrogen) atoms. The molecule has 1 aliphatic rings. The van der Waals surface area contributed by atoms with Crippen LogP contribution in [0.15, 0.2) is 82.7 Å². The highest BCUT2D eigenvalue weighted by Crippen LogP contribution is 2.33. The van der Waals surface area contributed by atoms with E-state index in [4.69, 9.17) is 21.1 Å². The summed E-state index contributed by atoms with van der Waals surface area (Å²) >= 11 is 7.41. The van der Waals surface area contributed by atoms with Gasteiger partial charge in [0.1, 0.15) is 6.61 Å². The van der Waals surface area contributed by atoms with Crippen molar-refractivity contribution in [1.29, 1.82) is 0 Å². The van der Waals surface area contributed by atoms with Crippen molar-refractivity contribution in [1.82, 2.24) is 5.32 Å². The highest BCUT2D eigenvalue weighted by atomic mass is 35.5. The van der Waals surface area contributed by atoms with Crippen LogP contribution in [-0.4, -0.2) is 18.2 Å². The van der Waals surface area contributed by atoms with Crippen LogP contribution in [0.1, 0.15) is 11.1 Å². The van der Waals surface area contributed by atoms with E-state index in [0.717, 1.165) is 11.1 Å². The molecule has 0 saturated carbocycles. The Bertz CT molecular complexity index is 1160. The molecule has 0 unspecified atom stereocenters. The maximum absolute atomic E-state index is 12.4. The molecule has 0 radical (unpaired) electrons. The lowest BCUT2D eigenvalue weighted by Crippen LogP contribution is -2.19. The summed E-state index contributed by atoms with van der Waals surface area (Å²) in [6, 6.07) is 22.7. The number of amidine groups is 1. The van der Waals surface area contributed by atoms with E-state index < -0.39 is 0 Å². The Labute approximate surface area is 189 Å². The molecule has 0 aliphatic carbocycles. The van der Waals surface area contributed by atoms with Gasteiger partial charge >= 0.3 is 0 Å². The Morgan fingerprint density at radius 3 is 2.58 bits per heavy atom. The fourth-order valence-corrected chi connectivity index (χ4v) is 3.92. The van der Waals surface area contributed by atoms with Crippen molar-refractivity contribution < 1.29 is 14.3 Å². The first-order valence-electron chi connectivity index (χ1n) is 9.51. The van der Waals surface area contributed by atoms with Gasteiger partial charge in [-0.2, -0.15) is 0 Å². The van der Waals surface area contributed by atoms with Crippen LogP contribution in [0.5, 0.6) is 11.5 Å². The highest BCUT2D eigenvalue weighted by Gasteiger charge is 2.24. The molecule has 5 nitrogen and oxygen atoms in total. The summed E-state index contributed by atoms with van der Waals surface area (Å²) in [6.45, 7) is 0.442. The summed E-state index contributed by atoms with van der Waals surface area (Å²) in [5, 5.41) is 3.78. The molecule has 3 aromatic carbocycles. The van der Waals surface area contributed by atoms with Crippen LogP contribution in [-0.2, 0) is 11.4 Å². The minimum atomic E-state index is -0.209. The average Bonchev–Trinajstić information content (AvgIpc) is 3.13. The predicted molar refractivity (Wildman–Crippen MR) is 126 cm³/mol. The van der Waals surface area contributed by atoms with Gasteiger partial charge in [-0.3, -0.25) is 4.79 Å². The Morgan fingerprint density at radius 2 is 1.81 bits per heavy atom. The number of benzene rings is 3. The number of carbonyl (C=O) groups is 1. The third-order valence-electron chi connectivity index (χ3n) is 4.45. The average molecular weight is 451 g/mol. The number of hydrogen-bond donors (Lipinski definition) is 1. The molecule has 1 aliphatic heterocycles. The second kappa shape index (κ2) is 9.73. The molecular formula is C24H19ClN2O3S. The van der Waals surface area contributed by atoms with Crippen molar-refractivity contribution in [3.63, 3.8) is 0 Å². The van der Waals surface area contributed by atoms with Crippen molar-refractivity contribution >= 4 is 46.2 Å². The monoisotopic (exact) mass is 450 g/mol. The van der Waals surface area contributed by atoms with E-state index in [1.807, 2.05) is 60.7 Å². The van der Waals surface area contributed by atoms with Gasteiger partial charge in [0.25, 0.3) is 5.91 Å². The number of para-hydroxylation sites is 1. The molecule has 0 bridgehead atoms. The fraction of sp³-hybridized carbons (Fsp3) is 0.0833. The van der Waals surface area contributed by atoms with Crippen LogP contribution in [0.25, 0.3) is 6.08 Å². The van der Waals surface area contributed by atoms with Gasteiger partial charge in [-0.1, -0.05) is 60.1 Å². The molecule has 3 aromatic rings. The van der Waals surface area contributed by atoms with Crippen LogP contribution >= 0.6 is 23.4 Å². The number of thioether (sulfide) groups is 1. The van der Waals surface area contributed by atoms with Crippen molar-refractivity contribution in [2.75, 3.05) is 7.11 Å². The quantitative estimate of drug-likeness (QED) is 0.481. The van der Waals surface area contributed by atoms with Crippen molar-refractivity contribution in [2.45, 2.75) is 6.61 Å². The first-order chi connectivity index (χ1) is 15.1. The summed E-state index contributed by atoms with van der Waals surface area (Å²) < 4.78 is 11.4. The number of halogens is 1. The summed E-state index contributed by atoms with van der Waals surface area (Å²) in [6.07, 6.45) is 1.79. The number of methoxy groups -OCH3 is 1. The molecule has 0 aromatic heterocycles. The molecule has 1 fully saturated rings. The van der Waals surface area contributed by atoms with Crippen molar-refractivity contribution in [2.24, 2.45) is 4.99 Å². The molecule has 0 spiro atoms. The third kappa shape index (κ3) is 5.29. The normalized spacial score (nSPS) is 15.9. The van der Waals surface area contributed by atoms with E-state index in [2.05, 4.69) is 10.3 Å². The van der Waals surface area contributed by atoms with Crippen LogP contribution in [0.4, 0.5) is 5.69 Å². The van der Waals surface area contributed by atoms with Gasteiger partial charge in [0.15, 0.2) is 16.7 Å². The van der Waals surface area contributed by atoms with E-state index in [1.165, 1.54) is 11.8 Å². The van der Waals surface area contributed by atoms with Gasteiger partial charge in [0, 0.05) is 0 Å². The van der Waals surface area contributed by atoms with Gasteiger partial charge in [-0.15, -0.1) is 0 Å². The molecule has 1 amide bonds. The van der Waals surface area contributed by atoms with E-state index in [-0.39, 0.29) is 5.91 Å². The van der Waals surface area contributed by atoms with Gasteiger partial charge in [-0.25, -0.2) is 4.99 Å². The summed E-state index contributed by atoms with van der Waals surface area (Å²) in [4.78, 5) is 17.3. The van der Waals surface area contributed by atoms with E-state index in [0.29, 0.717) is 38.9 Å². The second-order valence-corrected chi connectivity index (χ2v) is 8.06. The second-order valence-electron chi connectivity index (χ2n) is 6.62. The predicted octanol–water partition coefficient (Wildman–Crippen LogP) is 5.82. The number of aliphatic imine (C=N–C) groups is 1. The lowest BCUT2D eigenvalue weighted by molar-refractivity contribution is -0.115. The lowest BCUT2D eigenvalue weighted by atomic mass is 10.2. The highest BCUT2D eigenvalue weighted by molar-refractivity contribution is 8.18. The molecule has 1 N–H and O–H groups in total. The van der Waals surface area contributed by atoms with E-state index in [1.54, 1.807) is 25.3 Å². The minimum absolute atomic E-state index is 0.209. The maximum atomic E-state index is 12.4. The van der Waals surface area contributed by atoms with Crippen LogP contribution < -0.4 is 14.8 Å². The zero-order valence-corrected chi connectivity index (χ0v) is 18.2. The topological polar surface area (TPSA) is 59.9 Å². The number of rotatable bonds is 6. The number of ether oxygens (including phenoxy) is 2. The third-order valence-corrected chi connectivity index (χ3v) is 5.68. The Kier molecular flexibility index (Phi) is 6.60. The number of nitrogens with one attached hydrogen (secondary N) is 1. The van der Waals surface area contributed by atoms with Crippen molar-refractivity contribution in [3.05, 3.63) is 93.9 Å². The van der Waals surface area contributed by atoms with E-state index in [9.17, 15) is 4.79 Å². The van der Waals surface area contributed by atoms with Gasteiger partial charge < -0.3 is 14.8 Å². The Balaban J connectivity index is 1.50. The molecule has 0 atom stereocenters. The summed E-state index contributed by atoms with van der Waals surface area (Å²) in [7, 11) is 1.59. The molecule has 156 valence electrons. The smallest absolute Gasteiger partial charge is 0.264 e. The van der Waals surface area contributed by atoms with Gasteiger partial charge in [0.05, 0.1) is 22.7 Å². The van der Waals surface area contributed by atoms with E-state index >= 15 is 0 Å². The largest absolute Gasteiger partial charge is 0.493 e. The molecule has 1 saturated heterocycles. The minimum Gasteiger partial charge on any atom is -0.493 e. The summed E-state index contributed by atoms with van der Waals surface area (Å²) in [5.41, 5.74) is 2.50. The molecular weight excluding hydrogens is 432 g/mol. The van der Waals surface area contributed by atoms with Gasteiger partial charge in [0.2, 0.25) is 0 Å². The zero-order chi connectivity index (χ0) is 21.6. The lowest BCUT2D eigenvalue weighted by Gasteiger charge is -2.11. The SMILES string of the molecule is COc1cc(C=C2SC(=Nc3ccccc3Cl)NC2=O)ccc1OCc1ccccc1. The van der Waals surface area contributed by atoms with Crippen LogP contribution in [0.2, 0.25) is 5.02 Å². The molecule has 4 rings (SSSR count). The first kappa shape index (κ1) is 21.0. The standard InChI is InChI=1S/C24H19ClN2O3S/c1-29-21-13-17(11-12-20(21)30-15-16-7-3-2-4-8-16)14-22-23(28)27-24(31-22)26-19-10-6-5-9-18(19)25/h2-14H,15H2,1H3,(H,26,27,28). The van der Waals surface area contributed by atoms with Crippen molar-refractivity contribution in [3.8, 4) is 11.5 Å². The molecule has 7 heteroatoms. The number of carbonyl (C=O) groups excluding carboxylic acids is 1.